The SMILES string of the molecule is CN(CC#Cc1cccn(C)c1=O)C(=O)/C(C#N)=C(\O)c1cc(Cl)c(O)c([N+](=O)[O-])c1. The van der Waals surface area contributed by atoms with Gasteiger partial charge in [-0.15, -0.1) is 0 Å². The fourth-order valence-corrected chi connectivity index (χ4v) is 2.63. The minimum Gasteiger partial charge on any atom is -0.506 e. The molecule has 0 unspecified atom stereocenters. The molecule has 0 fully saturated rings. The molecule has 0 spiro atoms. The summed E-state index contributed by atoms with van der Waals surface area (Å²) in [7, 11) is 2.88. The number of aliphatic hydroxyl groups is 1. The number of aryl methyl sites for hydroxylation is 1. The first-order chi connectivity index (χ1) is 14.6. The van der Waals surface area contributed by atoms with Crippen molar-refractivity contribution in [1.82, 2.24) is 9.47 Å². The van der Waals surface area contributed by atoms with Gasteiger partial charge in [0.1, 0.15) is 11.8 Å². The molecule has 0 radical (unpaired) electrons. The summed E-state index contributed by atoms with van der Waals surface area (Å²) < 4.78 is 1.34. The molecule has 2 N–H and O–H groups in total. The molecule has 11 heteroatoms. The maximum Gasteiger partial charge on any atom is 0.313 e. The van der Waals surface area contributed by atoms with Gasteiger partial charge in [0, 0.05) is 31.9 Å². The van der Waals surface area contributed by atoms with E-state index in [4.69, 9.17) is 11.6 Å². The van der Waals surface area contributed by atoms with Gasteiger partial charge >= 0.3 is 5.69 Å². The van der Waals surface area contributed by atoms with Crippen LogP contribution in [0.5, 0.6) is 5.75 Å². The molecular weight excluding hydrogens is 428 g/mol. The number of nitro benzene ring substituents is 1. The van der Waals surface area contributed by atoms with Gasteiger partial charge in [-0.3, -0.25) is 19.7 Å². The van der Waals surface area contributed by atoms with Crippen LogP contribution in [0, 0.1) is 33.3 Å². The van der Waals surface area contributed by atoms with E-state index >= 15 is 0 Å². The third-order valence-electron chi connectivity index (χ3n) is 4.09. The average Bonchev–Trinajstić information content (AvgIpc) is 2.72. The van der Waals surface area contributed by atoms with Crippen LogP contribution >= 0.6 is 11.6 Å². The lowest BCUT2D eigenvalue weighted by Gasteiger charge is -2.14. The number of halogens is 1. The number of nitro groups is 1. The summed E-state index contributed by atoms with van der Waals surface area (Å²) >= 11 is 5.74. The topological polar surface area (TPSA) is 150 Å². The molecule has 2 aromatic rings. The summed E-state index contributed by atoms with van der Waals surface area (Å²) in [5, 5.41) is 39.9. The second-order valence-electron chi connectivity index (χ2n) is 6.22. The number of phenols is 1. The molecule has 10 nitrogen and oxygen atoms in total. The molecule has 158 valence electrons. The van der Waals surface area contributed by atoms with Crippen LogP contribution in [-0.4, -0.2) is 44.1 Å². The van der Waals surface area contributed by atoms with Crippen LogP contribution in [0.4, 0.5) is 5.69 Å². The lowest BCUT2D eigenvalue weighted by atomic mass is 10.1. The van der Waals surface area contributed by atoms with Crippen molar-refractivity contribution in [3.8, 4) is 23.7 Å². The van der Waals surface area contributed by atoms with Gasteiger partial charge in [0.05, 0.1) is 22.1 Å². The summed E-state index contributed by atoms with van der Waals surface area (Å²) in [5.41, 5.74) is -1.91. The minimum atomic E-state index is -0.929. The molecule has 0 bridgehead atoms. The number of phenolic OH excluding ortho intramolecular Hbond substituents is 1. The van der Waals surface area contributed by atoms with Gasteiger partial charge in [-0.1, -0.05) is 23.4 Å². The summed E-state index contributed by atoms with van der Waals surface area (Å²) in [6, 6.07) is 6.47. The molecule has 0 saturated heterocycles. The molecular formula is C20H15ClN4O6. The number of aliphatic hydroxyl groups excluding tert-OH is 1. The molecule has 0 aliphatic rings. The number of carbonyl (C=O) groups is 1. The van der Waals surface area contributed by atoms with E-state index in [1.807, 2.05) is 0 Å². The van der Waals surface area contributed by atoms with E-state index in [1.165, 1.54) is 17.7 Å². The minimum absolute atomic E-state index is 0.175. The number of nitriles is 1. The lowest BCUT2D eigenvalue weighted by molar-refractivity contribution is -0.385. The number of hydrogen-bond acceptors (Lipinski definition) is 7. The van der Waals surface area contributed by atoms with Gasteiger partial charge in [0.25, 0.3) is 11.5 Å². The number of carbonyl (C=O) groups excluding carboxylic acids is 1. The Kier molecular flexibility index (Phi) is 7.03. The van der Waals surface area contributed by atoms with E-state index in [9.17, 15) is 35.2 Å². The molecule has 1 aromatic heterocycles. The highest BCUT2D eigenvalue weighted by molar-refractivity contribution is 6.32. The Morgan fingerprint density at radius 1 is 1.42 bits per heavy atom. The molecule has 1 heterocycles. The van der Waals surface area contributed by atoms with Crippen molar-refractivity contribution in [1.29, 1.82) is 5.26 Å². The summed E-state index contributed by atoms with van der Waals surface area (Å²) in [4.78, 5) is 35.6. The highest BCUT2D eigenvalue weighted by atomic mass is 35.5. The number of amides is 1. The Morgan fingerprint density at radius 3 is 2.71 bits per heavy atom. The van der Waals surface area contributed by atoms with E-state index in [0.29, 0.717) is 0 Å². The van der Waals surface area contributed by atoms with Crippen LogP contribution < -0.4 is 5.56 Å². The first-order valence-corrected chi connectivity index (χ1v) is 8.86. The number of pyridine rings is 1. The molecule has 2 rings (SSSR count). The van der Waals surface area contributed by atoms with Crippen molar-refractivity contribution in [2.45, 2.75) is 0 Å². The first kappa shape index (κ1) is 23.0. The Morgan fingerprint density at radius 2 is 2.10 bits per heavy atom. The number of benzene rings is 1. The van der Waals surface area contributed by atoms with Crippen LogP contribution in [-0.2, 0) is 11.8 Å². The number of aromatic hydroxyl groups is 1. The Hall–Kier alpha value is -4.28. The average molecular weight is 443 g/mol. The fourth-order valence-electron chi connectivity index (χ4n) is 2.42. The predicted molar refractivity (Wildman–Crippen MR) is 111 cm³/mol. The van der Waals surface area contributed by atoms with Crippen molar-refractivity contribution >= 4 is 29.0 Å². The first-order valence-electron chi connectivity index (χ1n) is 8.49. The lowest BCUT2D eigenvalue weighted by Crippen LogP contribution is -2.29. The van der Waals surface area contributed by atoms with E-state index in [1.54, 1.807) is 25.4 Å². The number of likely N-dealkylation sites (N-methyl/N-ethyl adjacent to an activating group) is 1. The van der Waals surface area contributed by atoms with Gasteiger partial charge in [-0.25, -0.2) is 0 Å². The van der Waals surface area contributed by atoms with Gasteiger partial charge in [0.2, 0.25) is 5.75 Å². The molecule has 0 atom stereocenters. The fraction of sp³-hybridized carbons (Fsp3) is 0.150. The molecule has 1 amide bonds. The van der Waals surface area contributed by atoms with Gasteiger partial charge in [-0.05, 0) is 18.2 Å². The van der Waals surface area contributed by atoms with Crippen LogP contribution in [0.1, 0.15) is 11.1 Å². The summed E-state index contributed by atoms with van der Waals surface area (Å²) in [5.74, 6) is 2.69. The normalized spacial score (nSPS) is 10.9. The second-order valence-corrected chi connectivity index (χ2v) is 6.63. The monoisotopic (exact) mass is 442 g/mol. The zero-order valence-electron chi connectivity index (χ0n) is 16.3. The van der Waals surface area contributed by atoms with Crippen LogP contribution in [0.25, 0.3) is 5.76 Å². The van der Waals surface area contributed by atoms with Gasteiger partial charge in [-0.2, -0.15) is 5.26 Å². The zero-order valence-corrected chi connectivity index (χ0v) is 17.0. The number of rotatable bonds is 4. The molecule has 0 aliphatic carbocycles. The Bertz CT molecular complexity index is 1260. The highest BCUT2D eigenvalue weighted by Gasteiger charge is 2.24. The third-order valence-corrected chi connectivity index (χ3v) is 4.37. The van der Waals surface area contributed by atoms with Gasteiger partial charge in [0.15, 0.2) is 5.57 Å². The van der Waals surface area contributed by atoms with Crippen molar-refractivity contribution < 1.29 is 19.9 Å². The molecule has 0 aliphatic heterocycles. The van der Waals surface area contributed by atoms with Gasteiger partial charge < -0.3 is 19.7 Å². The summed E-state index contributed by atoms with van der Waals surface area (Å²) in [6.07, 6.45) is 1.57. The van der Waals surface area contributed by atoms with Crippen LogP contribution in [0.15, 0.2) is 40.8 Å². The highest BCUT2D eigenvalue weighted by Crippen LogP contribution is 2.36. The predicted octanol–water partition coefficient (Wildman–Crippen LogP) is 1.96. The van der Waals surface area contributed by atoms with E-state index in [0.717, 1.165) is 17.0 Å². The number of nitrogens with zero attached hydrogens (tertiary/aromatic N) is 4. The standard InChI is InChI=1S/C20H15ClN4O6/c1-23-7-3-5-12(19(23)28)6-4-8-24(2)20(29)14(11-22)17(26)13-9-15(21)18(27)16(10-13)25(30)31/h3,5,7,9-10,26-27H,8H2,1-2H3/b17-14-. The molecule has 0 saturated carbocycles. The Balaban J connectivity index is 2.34. The van der Waals surface area contributed by atoms with Crippen molar-refractivity contribution in [2.24, 2.45) is 7.05 Å². The molecule has 31 heavy (non-hydrogen) atoms. The maximum absolute atomic E-state index is 12.6. The summed E-state index contributed by atoms with van der Waals surface area (Å²) in [6.45, 7) is -0.175. The molecule has 1 aromatic carbocycles. The van der Waals surface area contributed by atoms with Crippen molar-refractivity contribution in [2.75, 3.05) is 13.6 Å². The smallest absolute Gasteiger partial charge is 0.313 e. The maximum atomic E-state index is 12.6. The van der Waals surface area contributed by atoms with Crippen molar-refractivity contribution in [3.05, 3.63) is 72.7 Å². The van der Waals surface area contributed by atoms with Crippen LogP contribution in [0.3, 0.4) is 0 Å². The third kappa shape index (κ3) is 5.01. The second kappa shape index (κ2) is 9.48. The van der Waals surface area contributed by atoms with E-state index in [-0.39, 0.29) is 23.2 Å². The van der Waals surface area contributed by atoms with E-state index in [2.05, 4.69) is 11.8 Å². The largest absolute Gasteiger partial charge is 0.506 e. The zero-order chi connectivity index (χ0) is 23.3. The van der Waals surface area contributed by atoms with Crippen LogP contribution in [0.2, 0.25) is 5.02 Å². The van der Waals surface area contributed by atoms with E-state index < -0.39 is 38.6 Å². The Labute approximate surface area is 181 Å². The quantitative estimate of drug-likeness (QED) is 0.183. The van der Waals surface area contributed by atoms with Crippen molar-refractivity contribution in [3.63, 3.8) is 0 Å². The number of hydrogen-bond donors (Lipinski definition) is 2. The number of aromatic nitrogens is 1.